The summed E-state index contributed by atoms with van der Waals surface area (Å²) in [6.07, 6.45) is 3.51. The number of piperidine rings is 1. The molecule has 2 rings (SSSR count). The highest BCUT2D eigenvalue weighted by Gasteiger charge is 2.14. The van der Waals surface area contributed by atoms with E-state index in [1.807, 2.05) is 6.07 Å². The number of rotatable bonds is 7. The number of Topliss-reactive ketones (excluding diaryl/α,β-unsaturated/α-hetero) is 1. The number of nitrogens with zero attached hydrogens (tertiary/aromatic N) is 1. The Morgan fingerprint density at radius 1 is 1.05 bits per heavy atom. The lowest BCUT2D eigenvalue weighted by Crippen LogP contribution is -2.34. The predicted molar refractivity (Wildman–Crippen MR) is 76.3 cm³/mol. The molecule has 1 aliphatic heterocycles. The molecule has 0 N–H and O–H groups in total. The second-order valence-corrected chi connectivity index (χ2v) is 5.08. The number of ketones is 1. The fraction of sp³-hybridized carbons (Fsp3) is 0.562. The maximum Gasteiger partial charge on any atom is 0.135 e. The molecule has 0 spiro atoms. The van der Waals surface area contributed by atoms with Gasteiger partial charge in [0.2, 0.25) is 0 Å². The van der Waals surface area contributed by atoms with Crippen LogP contribution in [0.5, 0.6) is 0 Å². The fourth-order valence-electron chi connectivity index (χ4n) is 2.35. The molecule has 0 bridgehead atoms. The third-order valence-electron chi connectivity index (χ3n) is 3.55. The maximum atomic E-state index is 11.1. The van der Waals surface area contributed by atoms with Crippen LogP contribution in [0.2, 0.25) is 0 Å². The third-order valence-corrected chi connectivity index (χ3v) is 3.55. The molecule has 1 saturated heterocycles. The number of hydrogen-bond donors (Lipinski definition) is 0. The van der Waals surface area contributed by atoms with Crippen LogP contribution >= 0.6 is 0 Å². The van der Waals surface area contributed by atoms with Gasteiger partial charge in [0.15, 0.2) is 0 Å². The van der Waals surface area contributed by atoms with Crippen molar-refractivity contribution in [3.05, 3.63) is 35.9 Å². The molecule has 1 aliphatic rings. The van der Waals surface area contributed by atoms with Crippen LogP contribution in [-0.4, -0.2) is 43.5 Å². The summed E-state index contributed by atoms with van der Waals surface area (Å²) in [6.45, 7) is 4.53. The van der Waals surface area contributed by atoms with Crippen LogP contribution in [0.15, 0.2) is 30.3 Å². The Balaban J connectivity index is 1.47. The van der Waals surface area contributed by atoms with Crippen LogP contribution in [0.1, 0.15) is 24.8 Å². The van der Waals surface area contributed by atoms with Crippen LogP contribution in [0.25, 0.3) is 0 Å². The quantitative estimate of drug-likeness (QED) is 0.705. The van der Waals surface area contributed by atoms with Crippen molar-refractivity contribution in [3.63, 3.8) is 0 Å². The molecule has 0 amide bonds. The lowest BCUT2D eigenvalue weighted by Gasteiger charge is -2.25. The topological polar surface area (TPSA) is 29.5 Å². The molecule has 0 atom stereocenters. The minimum Gasteiger partial charge on any atom is -0.381 e. The standard InChI is InChI=1S/C16H23NO2/c18-16-7-11-17(12-8-16)10-4-13-19-14-9-15-5-2-1-3-6-15/h1-3,5-6H,4,7-14H2. The van der Waals surface area contributed by atoms with Gasteiger partial charge in [-0.05, 0) is 18.4 Å². The molecule has 0 radical (unpaired) electrons. The zero-order valence-corrected chi connectivity index (χ0v) is 11.5. The Morgan fingerprint density at radius 3 is 2.53 bits per heavy atom. The molecule has 0 aliphatic carbocycles. The van der Waals surface area contributed by atoms with Gasteiger partial charge in [0.1, 0.15) is 5.78 Å². The molecule has 19 heavy (non-hydrogen) atoms. The van der Waals surface area contributed by atoms with Gasteiger partial charge in [0.25, 0.3) is 0 Å². The normalized spacial score (nSPS) is 16.7. The molecule has 3 heteroatoms. The van der Waals surface area contributed by atoms with Crippen molar-refractivity contribution in [3.8, 4) is 0 Å². The van der Waals surface area contributed by atoms with Gasteiger partial charge >= 0.3 is 0 Å². The summed E-state index contributed by atoms with van der Waals surface area (Å²) in [7, 11) is 0. The molecule has 0 aromatic heterocycles. The largest absolute Gasteiger partial charge is 0.381 e. The second kappa shape index (κ2) is 8.08. The van der Waals surface area contributed by atoms with Crippen LogP contribution in [0, 0.1) is 0 Å². The van der Waals surface area contributed by atoms with Gasteiger partial charge in [-0.15, -0.1) is 0 Å². The molecule has 1 fully saturated rings. The SMILES string of the molecule is O=C1CCN(CCCOCCc2ccccc2)CC1. The van der Waals surface area contributed by atoms with E-state index >= 15 is 0 Å². The first kappa shape index (κ1) is 14.2. The van der Waals surface area contributed by atoms with E-state index in [2.05, 4.69) is 29.2 Å². The van der Waals surface area contributed by atoms with Crippen LogP contribution in [-0.2, 0) is 16.0 Å². The summed E-state index contributed by atoms with van der Waals surface area (Å²) in [5.74, 6) is 0.412. The monoisotopic (exact) mass is 261 g/mol. The van der Waals surface area contributed by atoms with Crippen molar-refractivity contribution < 1.29 is 9.53 Å². The molecule has 1 aromatic rings. The van der Waals surface area contributed by atoms with Gasteiger partial charge in [-0.2, -0.15) is 0 Å². The van der Waals surface area contributed by atoms with E-state index in [9.17, 15) is 4.79 Å². The molecule has 1 aromatic carbocycles. The van der Waals surface area contributed by atoms with E-state index in [0.717, 1.165) is 58.5 Å². The number of likely N-dealkylation sites (tertiary alicyclic amines) is 1. The molecular weight excluding hydrogens is 238 g/mol. The van der Waals surface area contributed by atoms with E-state index in [-0.39, 0.29) is 0 Å². The molecule has 0 unspecified atom stereocenters. The van der Waals surface area contributed by atoms with Crippen molar-refractivity contribution in [1.29, 1.82) is 0 Å². The first-order valence-corrected chi connectivity index (χ1v) is 7.20. The van der Waals surface area contributed by atoms with Crippen molar-refractivity contribution in [2.75, 3.05) is 32.8 Å². The Hall–Kier alpha value is -1.19. The minimum absolute atomic E-state index is 0.412. The first-order valence-electron chi connectivity index (χ1n) is 7.20. The lowest BCUT2D eigenvalue weighted by atomic mass is 10.1. The predicted octanol–water partition coefficient (Wildman–Crippen LogP) is 2.30. The van der Waals surface area contributed by atoms with Crippen molar-refractivity contribution in [2.24, 2.45) is 0 Å². The van der Waals surface area contributed by atoms with Gasteiger partial charge in [-0.25, -0.2) is 0 Å². The summed E-state index contributed by atoms with van der Waals surface area (Å²) in [5, 5.41) is 0. The molecule has 104 valence electrons. The Labute approximate surface area is 115 Å². The van der Waals surface area contributed by atoms with Gasteiger partial charge in [0, 0.05) is 39.1 Å². The van der Waals surface area contributed by atoms with Gasteiger partial charge < -0.3 is 9.64 Å². The van der Waals surface area contributed by atoms with Crippen molar-refractivity contribution in [2.45, 2.75) is 25.7 Å². The van der Waals surface area contributed by atoms with Crippen LogP contribution in [0.4, 0.5) is 0 Å². The molecule has 3 nitrogen and oxygen atoms in total. The van der Waals surface area contributed by atoms with Crippen molar-refractivity contribution >= 4 is 5.78 Å². The van der Waals surface area contributed by atoms with Gasteiger partial charge in [-0.3, -0.25) is 4.79 Å². The Bertz CT molecular complexity index is 368. The van der Waals surface area contributed by atoms with Crippen LogP contribution in [0.3, 0.4) is 0 Å². The summed E-state index contributed by atoms with van der Waals surface area (Å²) in [6, 6.07) is 10.4. The van der Waals surface area contributed by atoms with Crippen molar-refractivity contribution in [1.82, 2.24) is 4.90 Å². The van der Waals surface area contributed by atoms with E-state index in [1.54, 1.807) is 0 Å². The summed E-state index contributed by atoms with van der Waals surface area (Å²) in [5.41, 5.74) is 1.33. The number of benzene rings is 1. The van der Waals surface area contributed by atoms with Gasteiger partial charge in [-0.1, -0.05) is 30.3 Å². The molecule has 1 heterocycles. The Morgan fingerprint density at radius 2 is 1.79 bits per heavy atom. The average Bonchev–Trinajstić information content (AvgIpc) is 2.46. The number of carbonyl (C=O) groups excluding carboxylic acids is 1. The maximum absolute atomic E-state index is 11.1. The third kappa shape index (κ3) is 5.53. The van der Waals surface area contributed by atoms with Gasteiger partial charge in [0.05, 0.1) is 6.61 Å². The first-order chi connectivity index (χ1) is 9.34. The highest BCUT2D eigenvalue weighted by Crippen LogP contribution is 2.06. The zero-order valence-electron chi connectivity index (χ0n) is 11.5. The highest BCUT2D eigenvalue weighted by atomic mass is 16.5. The summed E-state index contributed by atoms with van der Waals surface area (Å²) in [4.78, 5) is 13.5. The van der Waals surface area contributed by atoms with E-state index in [0.29, 0.717) is 5.78 Å². The number of hydrogen-bond acceptors (Lipinski definition) is 3. The highest BCUT2D eigenvalue weighted by molar-refractivity contribution is 5.79. The molecule has 0 saturated carbocycles. The molecular formula is C16H23NO2. The fourth-order valence-corrected chi connectivity index (χ4v) is 2.35. The lowest BCUT2D eigenvalue weighted by molar-refractivity contribution is -0.121. The smallest absolute Gasteiger partial charge is 0.135 e. The Kier molecular flexibility index (Phi) is 6.05. The van der Waals surface area contributed by atoms with E-state index < -0.39 is 0 Å². The van der Waals surface area contributed by atoms with E-state index in [4.69, 9.17) is 4.74 Å². The number of ether oxygens (including phenoxy) is 1. The minimum atomic E-state index is 0.412. The van der Waals surface area contributed by atoms with Crippen LogP contribution < -0.4 is 0 Å². The zero-order chi connectivity index (χ0) is 13.3. The summed E-state index contributed by atoms with van der Waals surface area (Å²) < 4.78 is 5.66. The average molecular weight is 261 g/mol. The summed E-state index contributed by atoms with van der Waals surface area (Å²) >= 11 is 0. The number of carbonyl (C=O) groups is 1. The second-order valence-electron chi connectivity index (χ2n) is 5.08. The van der Waals surface area contributed by atoms with E-state index in [1.165, 1.54) is 5.56 Å².